The number of benzene rings is 1. The van der Waals surface area contributed by atoms with Gasteiger partial charge in [0.1, 0.15) is 11.5 Å². The molecule has 2 aromatic heterocycles. The number of rotatable bonds is 9. The molecule has 3 aromatic rings. The minimum Gasteiger partial charge on any atom is -0.456 e. The lowest BCUT2D eigenvalue weighted by Crippen LogP contribution is -2.19. The smallest absolute Gasteiger partial charge is 0.257 e. The minimum absolute atomic E-state index is 0.0421. The molecule has 0 saturated heterocycles. The topological polar surface area (TPSA) is 110 Å². The number of nitrogens with zero attached hydrogens (tertiary/aromatic N) is 4. The molecule has 4 rings (SSSR count). The first-order valence-corrected chi connectivity index (χ1v) is 11.8. The number of allylic oxidation sites excluding steroid dienone is 1. The third kappa shape index (κ3) is 5.92. The summed E-state index contributed by atoms with van der Waals surface area (Å²) in [4.78, 5) is 33.6. The summed E-state index contributed by atoms with van der Waals surface area (Å²) in [7, 11) is 0. The van der Waals surface area contributed by atoms with Crippen molar-refractivity contribution in [3.63, 3.8) is 0 Å². The van der Waals surface area contributed by atoms with Crippen LogP contribution in [0, 0.1) is 12.8 Å². The first kappa shape index (κ1) is 24.1. The van der Waals surface area contributed by atoms with Gasteiger partial charge < -0.3 is 10.1 Å². The molecule has 9 nitrogen and oxygen atoms in total. The van der Waals surface area contributed by atoms with Crippen LogP contribution in [0.25, 0.3) is 5.65 Å². The zero-order valence-corrected chi connectivity index (χ0v) is 20.5. The van der Waals surface area contributed by atoms with Crippen LogP contribution < -0.4 is 15.4 Å². The third-order valence-electron chi connectivity index (χ3n) is 5.68. The molecule has 1 aliphatic rings. The Hall–Kier alpha value is -4.01. The second-order valence-electron chi connectivity index (χ2n) is 8.57. The third-order valence-corrected chi connectivity index (χ3v) is 5.68. The minimum atomic E-state index is -0.213. The fourth-order valence-electron chi connectivity index (χ4n) is 3.53. The maximum absolute atomic E-state index is 12.9. The number of pyridine rings is 1. The van der Waals surface area contributed by atoms with Crippen molar-refractivity contribution in [3.05, 3.63) is 53.7 Å². The number of anilines is 2. The van der Waals surface area contributed by atoms with Crippen molar-refractivity contribution in [1.29, 1.82) is 0 Å². The van der Waals surface area contributed by atoms with Gasteiger partial charge in [0.2, 0.25) is 11.9 Å². The summed E-state index contributed by atoms with van der Waals surface area (Å²) in [5.74, 6) is 1.20. The van der Waals surface area contributed by atoms with Gasteiger partial charge in [-0.2, -0.15) is 4.98 Å². The van der Waals surface area contributed by atoms with E-state index in [9.17, 15) is 9.59 Å². The van der Waals surface area contributed by atoms with E-state index in [4.69, 9.17) is 4.74 Å². The monoisotopic (exact) mass is 474 g/mol. The molecule has 1 aliphatic carbocycles. The van der Waals surface area contributed by atoms with E-state index in [1.54, 1.807) is 35.0 Å². The maximum atomic E-state index is 12.9. The average Bonchev–Trinajstić information content (AvgIpc) is 3.61. The molecule has 1 fully saturated rings. The predicted octanol–water partition coefficient (Wildman–Crippen LogP) is 4.93. The molecule has 2 heterocycles. The van der Waals surface area contributed by atoms with Gasteiger partial charge in [0.05, 0.1) is 11.8 Å². The standard InChI is InChI=1S/C26H30N6O3/c1-5-13-27-17(4)21(6-2)25(34)28-22-14-19(10-7-16(22)3)35-20-11-12-23-29-26(31-32(23)15-20)30-24(33)18-8-9-18/h6-7,10-12,14-15,18H,5,8-9,13H2,1-4H3,(H,28,34)(H,30,31,33)/b21-6+,27-17?. The van der Waals surface area contributed by atoms with Crippen molar-refractivity contribution in [1.82, 2.24) is 14.6 Å². The lowest BCUT2D eigenvalue weighted by atomic mass is 10.1. The van der Waals surface area contributed by atoms with E-state index in [0.29, 0.717) is 40.7 Å². The normalized spacial score (nSPS) is 14.2. The number of hydrogen-bond donors (Lipinski definition) is 2. The Morgan fingerprint density at radius 3 is 2.69 bits per heavy atom. The highest BCUT2D eigenvalue weighted by molar-refractivity contribution is 6.24. The summed E-state index contributed by atoms with van der Waals surface area (Å²) in [6, 6.07) is 9.05. The molecule has 0 bridgehead atoms. The van der Waals surface area contributed by atoms with Crippen molar-refractivity contribution in [3.8, 4) is 11.5 Å². The summed E-state index contributed by atoms with van der Waals surface area (Å²) in [6.07, 6.45) is 6.22. The van der Waals surface area contributed by atoms with Crippen LogP contribution in [0.1, 0.15) is 45.6 Å². The first-order chi connectivity index (χ1) is 16.9. The van der Waals surface area contributed by atoms with Crippen molar-refractivity contribution >= 4 is 34.8 Å². The summed E-state index contributed by atoms with van der Waals surface area (Å²) >= 11 is 0. The van der Waals surface area contributed by atoms with Gasteiger partial charge in [-0.3, -0.25) is 19.9 Å². The largest absolute Gasteiger partial charge is 0.456 e. The zero-order valence-electron chi connectivity index (χ0n) is 20.5. The summed E-state index contributed by atoms with van der Waals surface area (Å²) in [5.41, 5.74) is 3.42. The van der Waals surface area contributed by atoms with Gasteiger partial charge >= 0.3 is 0 Å². The number of nitrogens with one attached hydrogen (secondary N) is 2. The molecule has 9 heteroatoms. The number of fused-ring (bicyclic) bond motifs is 1. The summed E-state index contributed by atoms with van der Waals surface area (Å²) < 4.78 is 7.59. The summed E-state index contributed by atoms with van der Waals surface area (Å²) in [6.45, 7) is 8.33. The molecule has 0 aliphatic heterocycles. The van der Waals surface area contributed by atoms with E-state index in [2.05, 4.69) is 25.7 Å². The Balaban J connectivity index is 1.48. The number of carbonyl (C=O) groups is 2. The van der Waals surface area contributed by atoms with Crippen LogP contribution in [0.15, 0.2) is 53.2 Å². The van der Waals surface area contributed by atoms with Gasteiger partial charge in [0, 0.05) is 29.9 Å². The number of aryl methyl sites for hydroxylation is 1. The molecular weight excluding hydrogens is 444 g/mol. The lowest BCUT2D eigenvalue weighted by Gasteiger charge is -2.13. The van der Waals surface area contributed by atoms with Crippen LogP contribution in [0.5, 0.6) is 11.5 Å². The second-order valence-corrected chi connectivity index (χ2v) is 8.57. The number of amides is 2. The van der Waals surface area contributed by atoms with Crippen LogP contribution >= 0.6 is 0 Å². The van der Waals surface area contributed by atoms with Crippen molar-refractivity contribution in [2.45, 2.75) is 47.0 Å². The van der Waals surface area contributed by atoms with Gasteiger partial charge in [-0.25, -0.2) is 4.52 Å². The first-order valence-electron chi connectivity index (χ1n) is 11.8. The molecular formula is C26H30N6O3. The van der Waals surface area contributed by atoms with Gasteiger partial charge in [0.15, 0.2) is 5.65 Å². The molecule has 1 saturated carbocycles. The highest BCUT2D eigenvalue weighted by Crippen LogP contribution is 2.30. The van der Waals surface area contributed by atoms with Crippen molar-refractivity contribution in [2.75, 3.05) is 17.2 Å². The Kier molecular flexibility index (Phi) is 7.24. The van der Waals surface area contributed by atoms with E-state index in [-0.39, 0.29) is 23.7 Å². The highest BCUT2D eigenvalue weighted by Gasteiger charge is 2.30. The van der Waals surface area contributed by atoms with E-state index in [1.807, 2.05) is 39.8 Å². The molecule has 0 unspecified atom stereocenters. The average molecular weight is 475 g/mol. The Morgan fingerprint density at radius 2 is 1.97 bits per heavy atom. The van der Waals surface area contributed by atoms with Crippen LogP contribution in [-0.4, -0.2) is 38.7 Å². The Bertz CT molecular complexity index is 1320. The molecule has 0 spiro atoms. The number of hydrogen-bond acceptors (Lipinski definition) is 6. The van der Waals surface area contributed by atoms with E-state index in [0.717, 1.165) is 24.8 Å². The quantitative estimate of drug-likeness (QED) is 0.337. The van der Waals surface area contributed by atoms with Crippen LogP contribution in [-0.2, 0) is 9.59 Å². The molecule has 1 aromatic carbocycles. The van der Waals surface area contributed by atoms with E-state index < -0.39 is 0 Å². The molecule has 0 radical (unpaired) electrons. The number of ether oxygens (including phenoxy) is 1. The second kappa shape index (κ2) is 10.5. The van der Waals surface area contributed by atoms with Crippen molar-refractivity contribution in [2.24, 2.45) is 10.9 Å². The van der Waals surface area contributed by atoms with E-state index >= 15 is 0 Å². The predicted molar refractivity (Wildman–Crippen MR) is 136 cm³/mol. The zero-order chi connectivity index (χ0) is 24.9. The Labute approximate surface area is 204 Å². The highest BCUT2D eigenvalue weighted by atomic mass is 16.5. The number of aliphatic imine (C=N–C) groups is 1. The summed E-state index contributed by atoms with van der Waals surface area (Å²) in [5, 5.41) is 10.0. The fourth-order valence-corrected chi connectivity index (χ4v) is 3.53. The van der Waals surface area contributed by atoms with E-state index in [1.165, 1.54) is 0 Å². The number of carbonyl (C=O) groups excluding carboxylic acids is 2. The van der Waals surface area contributed by atoms with Gasteiger partial charge in [-0.15, -0.1) is 5.10 Å². The van der Waals surface area contributed by atoms with Gasteiger partial charge in [0.25, 0.3) is 5.91 Å². The molecule has 2 amide bonds. The Morgan fingerprint density at radius 1 is 1.20 bits per heavy atom. The van der Waals surface area contributed by atoms with Crippen LogP contribution in [0.3, 0.4) is 0 Å². The van der Waals surface area contributed by atoms with Crippen LogP contribution in [0.4, 0.5) is 11.6 Å². The van der Waals surface area contributed by atoms with Crippen molar-refractivity contribution < 1.29 is 14.3 Å². The lowest BCUT2D eigenvalue weighted by molar-refractivity contribution is -0.117. The number of aromatic nitrogens is 3. The fraction of sp³-hybridized carbons (Fsp3) is 0.346. The maximum Gasteiger partial charge on any atom is 0.257 e. The SMILES string of the molecule is C/C=C(/C(=O)Nc1cc(Oc2ccc3nc(NC(=O)C4CC4)nn3c2)ccc1C)C(C)=NCCC. The van der Waals surface area contributed by atoms with Gasteiger partial charge in [-0.05, 0) is 63.8 Å². The van der Waals surface area contributed by atoms with Gasteiger partial charge in [-0.1, -0.05) is 19.1 Å². The molecule has 2 N–H and O–H groups in total. The molecule has 0 atom stereocenters. The molecule has 182 valence electrons. The van der Waals surface area contributed by atoms with Crippen LogP contribution in [0.2, 0.25) is 0 Å². The molecule has 35 heavy (non-hydrogen) atoms.